The van der Waals surface area contributed by atoms with Crippen LogP contribution in [0.4, 0.5) is 4.39 Å². The van der Waals surface area contributed by atoms with Crippen molar-refractivity contribution in [1.29, 1.82) is 0 Å². The fraction of sp³-hybridized carbons (Fsp3) is 0.533. The Morgan fingerprint density at radius 1 is 1.16 bits per heavy atom. The van der Waals surface area contributed by atoms with Crippen LogP contribution in [0.1, 0.15) is 32.3 Å². The van der Waals surface area contributed by atoms with Gasteiger partial charge in [-0.2, -0.15) is 0 Å². The van der Waals surface area contributed by atoms with Gasteiger partial charge in [0.1, 0.15) is 5.82 Å². The Hall–Kier alpha value is -1.58. The van der Waals surface area contributed by atoms with Crippen LogP contribution in [0.15, 0.2) is 29.3 Å². The van der Waals surface area contributed by atoms with Crippen LogP contribution in [0, 0.1) is 5.82 Å². The number of aliphatic imine (C=N–C) groups is 1. The molecule has 0 saturated carbocycles. The van der Waals surface area contributed by atoms with Crippen LogP contribution in [-0.2, 0) is 6.42 Å². The summed E-state index contributed by atoms with van der Waals surface area (Å²) in [7, 11) is 0. The highest BCUT2D eigenvalue weighted by Gasteiger charge is 1.98. The van der Waals surface area contributed by atoms with Gasteiger partial charge in [0.15, 0.2) is 5.96 Å². The molecule has 0 spiro atoms. The molecule has 0 saturated heterocycles. The van der Waals surface area contributed by atoms with Gasteiger partial charge in [-0.1, -0.05) is 25.5 Å². The van der Waals surface area contributed by atoms with Crippen molar-refractivity contribution in [2.75, 3.05) is 19.6 Å². The molecule has 0 radical (unpaired) electrons. The van der Waals surface area contributed by atoms with Gasteiger partial charge >= 0.3 is 0 Å². The van der Waals surface area contributed by atoms with E-state index in [4.69, 9.17) is 0 Å². The van der Waals surface area contributed by atoms with Crippen molar-refractivity contribution in [2.24, 2.45) is 4.99 Å². The van der Waals surface area contributed by atoms with Gasteiger partial charge in [-0.05, 0) is 37.5 Å². The Morgan fingerprint density at radius 3 is 2.53 bits per heavy atom. The monoisotopic (exact) mass is 265 g/mol. The van der Waals surface area contributed by atoms with Crippen LogP contribution in [0.2, 0.25) is 0 Å². The predicted molar refractivity (Wildman–Crippen MR) is 79.0 cm³/mol. The van der Waals surface area contributed by atoms with Gasteiger partial charge < -0.3 is 10.6 Å². The molecular weight excluding hydrogens is 241 g/mol. The highest BCUT2D eigenvalue weighted by Crippen LogP contribution is 2.02. The van der Waals surface area contributed by atoms with E-state index >= 15 is 0 Å². The summed E-state index contributed by atoms with van der Waals surface area (Å²) in [5.74, 6) is 0.671. The third kappa shape index (κ3) is 6.79. The quantitative estimate of drug-likeness (QED) is 0.452. The summed E-state index contributed by atoms with van der Waals surface area (Å²) in [4.78, 5) is 4.48. The lowest BCUT2D eigenvalue weighted by molar-refractivity contribution is 0.626. The molecule has 1 aromatic carbocycles. The first kappa shape index (κ1) is 15.5. The van der Waals surface area contributed by atoms with Gasteiger partial charge in [0.2, 0.25) is 0 Å². The van der Waals surface area contributed by atoms with E-state index in [1.807, 2.05) is 12.1 Å². The number of halogens is 1. The number of rotatable bonds is 7. The average Bonchev–Trinajstić information content (AvgIpc) is 2.41. The van der Waals surface area contributed by atoms with Crippen molar-refractivity contribution < 1.29 is 4.39 Å². The first-order chi connectivity index (χ1) is 9.26. The van der Waals surface area contributed by atoms with Crippen molar-refractivity contribution in [1.82, 2.24) is 10.6 Å². The Balaban J connectivity index is 2.34. The molecule has 3 nitrogen and oxygen atoms in total. The van der Waals surface area contributed by atoms with E-state index in [0.29, 0.717) is 0 Å². The van der Waals surface area contributed by atoms with Gasteiger partial charge in [-0.25, -0.2) is 4.39 Å². The van der Waals surface area contributed by atoms with E-state index in [2.05, 4.69) is 29.5 Å². The number of nitrogens with zero attached hydrogens (tertiary/aromatic N) is 1. The Labute approximate surface area is 115 Å². The number of guanidine groups is 1. The van der Waals surface area contributed by atoms with E-state index in [1.54, 1.807) is 0 Å². The molecule has 1 rings (SSSR count). The predicted octanol–water partition coefficient (Wildman–Crippen LogP) is 2.72. The van der Waals surface area contributed by atoms with Crippen LogP contribution < -0.4 is 10.6 Å². The second-order valence-corrected chi connectivity index (χ2v) is 4.42. The number of unbranched alkanes of at least 4 members (excludes halogenated alkanes) is 1. The molecule has 0 unspecified atom stereocenters. The number of nitrogens with one attached hydrogen (secondary N) is 2. The molecule has 0 bridgehead atoms. The lowest BCUT2D eigenvalue weighted by Crippen LogP contribution is -2.38. The maximum absolute atomic E-state index is 12.8. The second-order valence-electron chi connectivity index (χ2n) is 4.42. The van der Waals surface area contributed by atoms with Gasteiger partial charge in [-0.15, -0.1) is 0 Å². The average molecular weight is 265 g/mol. The highest BCUT2D eigenvalue weighted by atomic mass is 19.1. The molecule has 2 N–H and O–H groups in total. The van der Waals surface area contributed by atoms with Gasteiger partial charge in [0.25, 0.3) is 0 Å². The molecule has 19 heavy (non-hydrogen) atoms. The molecule has 0 aliphatic rings. The Bertz CT molecular complexity index is 373. The molecule has 1 aromatic rings. The lowest BCUT2D eigenvalue weighted by atomic mass is 10.1. The summed E-state index contributed by atoms with van der Waals surface area (Å²) in [5, 5.41) is 6.50. The minimum Gasteiger partial charge on any atom is -0.357 e. The molecule has 0 aliphatic heterocycles. The summed E-state index contributed by atoms with van der Waals surface area (Å²) in [6.07, 6.45) is 3.12. The van der Waals surface area contributed by atoms with Crippen LogP contribution in [0.5, 0.6) is 0 Å². The summed E-state index contributed by atoms with van der Waals surface area (Å²) >= 11 is 0. The van der Waals surface area contributed by atoms with E-state index < -0.39 is 0 Å². The summed E-state index contributed by atoms with van der Waals surface area (Å²) in [6, 6.07) is 6.63. The van der Waals surface area contributed by atoms with Crippen molar-refractivity contribution in [3.05, 3.63) is 35.6 Å². The standard InChI is InChI=1S/C15H24FN3/c1-3-5-11-18-15(17-4-2)19-12-10-13-6-8-14(16)9-7-13/h6-9H,3-5,10-12H2,1-2H3,(H2,17,18,19). The minimum absolute atomic E-state index is 0.189. The molecule has 106 valence electrons. The topological polar surface area (TPSA) is 36.4 Å². The van der Waals surface area contributed by atoms with Gasteiger partial charge in [0, 0.05) is 19.6 Å². The third-order valence-electron chi connectivity index (χ3n) is 2.75. The molecule has 0 aromatic heterocycles. The summed E-state index contributed by atoms with van der Waals surface area (Å²) in [6.45, 7) is 6.71. The molecular formula is C15H24FN3. The Kier molecular flexibility index (Phi) is 7.63. The van der Waals surface area contributed by atoms with Crippen LogP contribution in [0.25, 0.3) is 0 Å². The molecule has 0 aliphatic carbocycles. The van der Waals surface area contributed by atoms with Crippen LogP contribution in [0.3, 0.4) is 0 Å². The van der Waals surface area contributed by atoms with E-state index in [0.717, 1.165) is 50.4 Å². The van der Waals surface area contributed by atoms with Crippen molar-refractivity contribution in [3.8, 4) is 0 Å². The van der Waals surface area contributed by atoms with E-state index in [1.165, 1.54) is 12.1 Å². The fourth-order valence-electron chi connectivity index (χ4n) is 1.67. The largest absolute Gasteiger partial charge is 0.357 e. The highest BCUT2D eigenvalue weighted by molar-refractivity contribution is 5.79. The Morgan fingerprint density at radius 2 is 1.89 bits per heavy atom. The summed E-state index contributed by atoms with van der Waals surface area (Å²) < 4.78 is 12.8. The number of hydrogen-bond acceptors (Lipinski definition) is 1. The smallest absolute Gasteiger partial charge is 0.191 e. The minimum atomic E-state index is -0.189. The lowest BCUT2D eigenvalue weighted by Gasteiger charge is -2.11. The first-order valence-corrected chi connectivity index (χ1v) is 7.03. The number of benzene rings is 1. The van der Waals surface area contributed by atoms with Crippen LogP contribution in [-0.4, -0.2) is 25.6 Å². The molecule has 0 fully saturated rings. The van der Waals surface area contributed by atoms with Gasteiger partial charge in [-0.3, -0.25) is 4.99 Å². The zero-order valence-corrected chi connectivity index (χ0v) is 11.9. The van der Waals surface area contributed by atoms with Crippen molar-refractivity contribution >= 4 is 5.96 Å². The maximum Gasteiger partial charge on any atom is 0.191 e. The molecule has 4 heteroatoms. The van der Waals surface area contributed by atoms with E-state index in [-0.39, 0.29) is 5.82 Å². The number of hydrogen-bond donors (Lipinski definition) is 2. The molecule has 0 amide bonds. The SMILES string of the molecule is CCCCN=C(NCC)NCCc1ccc(F)cc1. The zero-order chi connectivity index (χ0) is 13.9. The fourth-order valence-corrected chi connectivity index (χ4v) is 1.67. The zero-order valence-electron chi connectivity index (χ0n) is 11.9. The second kappa shape index (κ2) is 9.36. The molecule has 0 atom stereocenters. The maximum atomic E-state index is 12.8. The third-order valence-corrected chi connectivity index (χ3v) is 2.75. The molecule has 0 heterocycles. The first-order valence-electron chi connectivity index (χ1n) is 7.03. The van der Waals surface area contributed by atoms with Crippen molar-refractivity contribution in [2.45, 2.75) is 33.1 Å². The van der Waals surface area contributed by atoms with Crippen LogP contribution >= 0.6 is 0 Å². The van der Waals surface area contributed by atoms with E-state index in [9.17, 15) is 4.39 Å². The summed E-state index contributed by atoms with van der Waals surface area (Å²) in [5.41, 5.74) is 1.12. The van der Waals surface area contributed by atoms with Crippen molar-refractivity contribution in [3.63, 3.8) is 0 Å². The normalized spacial score (nSPS) is 11.4. The van der Waals surface area contributed by atoms with Gasteiger partial charge in [0.05, 0.1) is 0 Å².